The van der Waals surface area contributed by atoms with Gasteiger partial charge in [-0.25, -0.2) is 4.79 Å². The molecule has 0 radical (unpaired) electrons. The largest absolute Gasteiger partial charge is 0.467 e. The summed E-state index contributed by atoms with van der Waals surface area (Å²) in [4.78, 5) is 45.3. The van der Waals surface area contributed by atoms with E-state index in [2.05, 4.69) is 31.4 Å². The van der Waals surface area contributed by atoms with Gasteiger partial charge in [-0.1, -0.05) is 71.4 Å². The average Bonchev–Trinajstić information content (AvgIpc) is 3.66. The summed E-state index contributed by atoms with van der Waals surface area (Å²) in [6.45, 7) is 6.76. The smallest absolute Gasteiger partial charge is 0.340 e. The van der Waals surface area contributed by atoms with Crippen molar-refractivity contribution in [2.45, 2.75) is 91.1 Å². The van der Waals surface area contributed by atoms with Crippen molar-refractivity contribution in [2.75, 3.05) is 6.61 Å². The molecule has 2 aliphatic rings. The number of carbonyl (C=O) groups excluding carboxylic acids is 3. The molecule has 1 aliphatic carbocycles. The predicted octanol–water partition coefficient (Wildman–Crippen LogP) is 7.18. The third-order valence-electron chi connectivity index (χ3n) is 8.66. The second kappa shape index (κ2) is 14.0. The van der Waals surface area contributed by atoms with Gasteiger partial charge in [0, 0.05) is 11.1 Å². The zero-order valence-electron chi connectivity index (χ0n) is 25.5. The molecule has 3 heterocycles. The molecule has 0 bridgehead atoms. The molecule has 2 aromatic heterocycles. The van der Waals surface area contributed by atoms with E-state index in [1.807, 2.05) is 0 Å². The normalized spacial score (nSPS) is 16.7. The summed E-state index contributed by atoms with van der Waals surface area (Å²) in [5.41, 5.74) is 3.89. The Balaban J connectivity index is 1.55. The maximum absolute atomic E-state index is 13.8. The molecule has 1 unspecified atom stereocenters. The molecule has 43 heavy (non-hydrogen) atoms. The summed E-state index contributed by atoms with van der Waals surface area (Å²) >= 11 is 0. The summed E-state index contributed by atoms with van der Waals surface area (Å²) in [6.07, 6.45) is 11.0. The van der Waals surface area contributed by atoms with Gasteiger partial charge in [-0.15, -0.1) is 0 Å². The molecule has 0 saturated heterocycles. The van der Waals surface area contributed by atoms with Crippen LogP contribution in [0.5, 0.6) is 0 Å². The number of amides is 2. The van der Waals surface area contributed by atoms with E-state index in [4.69, 9.17) is 14.1 Å². The summed E-state index contributed by atoms with van der Waals surface area (Å²) in [5.74, 6) is 0.467. The topological polar surface area (TPSA) is 111 Å². The van der Waals surface area contributed by atoms with Crippen LogP contribution >= 0.6 is 0 Å². The number of benzene rings is 1. The number of rotatable bonds is 12. The number of ether oxygens (including phenoxy) is 1. The third-order valence-corrected chi connectivity index (χ3v) is 8.66. The molecule has 3 aromatic rings. The standard InChI is InChI=1S/C35H43N3O5/c1-4-5-19-43-35(41)29-27(18-13-23-10-7-6-8-11-23)37-32-30(34(40)38-31(32)22(2)3)28(29)24-14-16-25(17-15-24)33(39)36-21-26-12-9-20-42-26/h9,12,14-17,20,22-23,31H,4-8,10-11,13,18-19,21H2,1-3H3,(H,36,39)(H,38,40). The number of fused-ring (bicyclic) bond motifs is 1. The molecule has 2 amide bonds. The predicted molar refractivity (Wildman–Crippen MR) is 165 cm³/mol. The van der Waals surface area contributed by atoms with Crippen LogP contribution in [0.25, 0.3) is 11.1 Å². The fraction of sp³-hybridized carbons (Fsp3) is 0.486. The minimum absolute atomic E-state index is 0.124. The molecule has 8 nitrogen and oxygen atoms in total. The van der Waals surface area contributed by atoms with Crippen molar-refractivity contribution in [1.29, 1.82) is 0 Å². The molecule has 8 heteroatoms. The number of carbonyl (C=O) groups is 3. The van der Waals surface area contributed by atoms with Crippen molar-refractivity contribution in [2.24, 2.45) is 11.8 Å². The highest BCUT2D eigenvalue weighted by atomic mass is 16.5. The average molecular weight is 586 g/mol. The quantitative estimate of drug-likeness (QED) is 0.172. The number of furan rings is 1. The number of esters is 1. The maximum Gasteiger partial charge on any atom is 0.340 e. The second-order valence-corrected chi connectivity index (χ2v) is 12.1. The number of aromatic nitrogens is 1. The lowest BCUT2D eigenvalue weighted by atomic mass is 9.84. The fourth-order valence-electron chi connectivity index (χ4n) is 6.23. The van der Waals surface area contributed by atoms with E-state index < -0.39 is 5.97 Å². The summed E-state index contributed by atoms with van der Waals surface area (Å²) in [5, 5.41) is 5.98. The van der Waals surface area contributed by atoms with Crippen molar-refractivity contribution in [3.05, 3.63) is 76.5 Å². The van der Waals surface area contributed by atoms with Crippen LogP contribution < -0.4 is 10.6 Å². The first kappa shape index (κ1) is 30.5. The Morgan fingerprint density at radius 3 is 2.53 bits per heavy atom. The van der Waals surface area contributed by atoms with Gasteiger partial charge < -0.3 is 19.8 Å². The van der Waals surface area contributed by atoms with Crippen LogP contribution in [0.4, 0.5) is 0 Å². The molecule has 228 valence electrons. The maximum atomic E-state index is 13.8. The minimum Gasteiger partial charge on any atom is -0.467 e. The van der Waals surface area contributed by atoms with E-state index in [-0.39, 0.29) is 30.3 Å². The van der Waals surface area contributed by atoms with Gasteiger partial charge in [-0.2, -0.15) is 0 Å². The highest BCUT2D eigenvalue weighted by molar-refractivity contribution is 6.11. The van der Waals surface area contributed by atoms with E-state index in [0.717, 1.165) is 19.3 Å². The van der Waals surface area contributed by atoms with E-state index >= 15 is 0 Å². The lowest BCUT2D eigenvalue weighted by molar-refractivity contribution is 0.0498. The number of unbranched alkanes of at least 4 members (excludes halogenated alkanes) is 1. The van der Waals surface area contributed by atoms with Crippen LogP contribution in [0.1, 0.15) is 126 Å². The van der Waals surface area contributed by atoms with Crippen molar-refractivity contribution in [1.82, 2.24) is 15.6 Å². The number of pyridine rings is 1. The highest BCUT2D eigenvalue weighted by Crippen LogP contribution is 2.40. The zero-order chi connectivity index (χ0) is 30.3. The number of nitrogens with zero attached hydrogens (tertiary/aromatic N) is 1. The molecule has 2 N–H and O–H groups in total. The van der Waals surface area contributed by atoms with Gasteiger partial charge in [0.25, 0.3) is 11.8 Å². The Kier molecular flexibility index (Phi) is 9.95. The van der Waals surface area contributed by atoms with Crippen LogP contribution in [0.2, 0.25) is 0 Å². The second-order valence-electron chi connectivity index (χ2n) is 12.1. The lowest BCUT2D eigenvalue weighted by Crippen LogP contribution is -2.23. The lowest BCUT2D eigenvalue weighted by Gasteiger charge is -2.23. The van der Waals surface area contributed by atoms with E-state index in [1.54, 1.807) is 42.7 Å². The Morgan fingerprint density at radius 1 is 1.09 bits per heavy atom. The van der Waals surface area contributed by atoms with Gasteiger partial charge in [0.05, 0.1) is 48.0 Å². The minimum atomic E-state index is -0.446. The van der Waals surface area contributed by atoms with Crippen LogP contribution in [0.3, 0.4) is 0 Å². The molecule has 1 saturated carbocycles. The Bertz CT molecular complexity index is 1420. The van der Waals surface area contributed by atoms with Crippen molar-refractivity contribution < 1.29 is 23.5 Å². The van der Waals surface area contributed by atoms with Gasteiger partial charge >= 0.3 is 5.97 Å². The van der Waals surface area contributed by atoms with E-state index in [0.29, 0.717) is 63.9 Å². The Labute approximate surface area is 254 Å². The molecule has 1 fully saturated rings. The Morgan fingerprint density at radius 2 is 1.86 bits per heavy atom. The first-order valence-corrected chi connectivity index (χ1v) is 15.8. The van der Waals surface area contributed by atoms with E-state index in [9.17, 15) is 14.4 Å². The summed E-state index contributed by atoms with van der Waals surface area (Å²) < 4.78 is 11.1. The summed E-state index contributed by atoms with van der Waals surface area (Å²) in [7, 11) is 0. The number of hydrogen-bond acceptors (Lipinski definition) is 6. The van der Waals surface area contributed by atoms with Gasteiger partial charge in [0.1, 0.15) is 5.76 Å². The molecule has 1 atom stereocenters. The molecule has 0 spiro atoms. The van der Waals surface area contributed by atoms with Crippen molar-refractivity contribution in [3.8, 4) is 11.1 Å². The third kappa shape index (κ3) is 7.00. The molecule has 1 aromatic carbocycles. The fourth-order valence-corrected chi connectivity index (χ4v) is 6.23. The summed E-state index contributed by atoms with van der Waals surface area (Å²) in [6, 6.07) is 10.4. The number of nitrogens with one attached hydrogen (secondary N) is 2. The monoisotopic (exact) mass is 585 g/mol. The molecule has 5 rings (SSSR count). The van der Waals surface area contributed by atoms with Crippen LogP contribution in [-0.4, -0.2) is 29.4 Å². The van der Waals surface area contributed by atoms with Gasteiger partial charge in [0.15, 0.2) is 0 Å². The Hall–Kier alpha value is -3.94. The van der Waals surface area contributed by atoms with E-state index in [1.165, 1.54) is 32.1 Å². The number of aryl methyl sites for hydroxylation is 1. The van der Waals surface area contributed by atoms with Crippen LogP contribution in [0.15, 0.2) is 47.1 Å². The van der Waals surface area contributed by atoms with Crippen LogP contribution in [0, 0.1) is 11.8 Å². The van der Waals surface area contributed by atoms with Crippen LogP contribution in [-0.2, 0) is 17.7 Å². The van der Waals surface area contributed by atoms with Crippen molar-refractivity contribution >= 4 is 17.8 Å². The van der Waals surface area contributed by atoms with Crippen molar-refractivity contribution in [3.63, 3.8) is 0 Å². The first-order valence-electron chi connectivity index (χ1n) is 15.8. The van der Waals surface area contributed by atoms with Gasteiger partial charge in [-0.05, 0) is 60.9 Å². The van der Waals surface area contributed by atoms with Gasteiger partial charge in [-0.3, -0.25) is 14.6 Å². The van der Waals surface area contributed by atoms with Gasteiger partial charge in [0.2, 0.25) is 0 Å². The first-order chi connectivity index (χ1) is 20.9. The molecule has 1 aliphatic heterocycles. The number of hydrogen-bond donors (Lipinski definition) is 2. The zero-order valence-corrected chi connectivity index (χ0v) is 25.5. The molecular formula is C35H43N3O5. The SMILES string of the molecule is CCCCOC(=O)c1c(CCC2CCCCC2)nc2c(c1-c1ccc(C(=O)NCc3ccco3)cc1)C(=O)NC2C(C)C. The molecular weight excluding hydrogens is 542 g/mol. The highest BCUT2D eigenvalue weighted by Gasteiger charge is 2.38.